The second-order valence-electron chi connectivity index (χ2n) is 4.52. The van der Waals surface area contributed by atoms with Gasteiger partial charge in [-0.05, 0) is 13.0 Å². The molecule has 0 aliphatic rings. The molecule has 2 heterocycles. The lowest BCUT2D eigenvalue weighted by atomic mass is 10.3. The first-order valence-electron chi connectivity index (χ1n) is 6.44. The molecule has 0 aromatic carbocycles. The molecule has 2 aromatic heterocycles. The number of methoxy groups -OCH3 is 1. The molecular weight excluding hydrogens is 242 g/mol. The molecule has 6 heteroatoms. The number of nitrogens with zero attached hydrogens (tertiary/aromatic N) is 4. The van der Waals surface area contributed by atoms with Gasteiger partial charge in [0, 0.05) is 51.8 Å². The first kappa shape index (κ1) is 13.6. The summed E-state index contributed by atoms with van der Waals surface area (Å²) in [7, 11) is 3.66. The van der Waals surface area contributed by atoms with Gasteiger partial charge in [-0.1, -0.05) is 0 Å². The average molecular weight is 263 g/mol. The molecule has 2 rings (SSSR count). The van der Waals surface area contributed by atoms with Crippen molar-refractivity contribution in [2.45, 2.75) is 19.9 Å². The minimum absolute atomic E-state index is 0.687. The van der Waals surface area contributed by atoms with Crippen molar-refractivity contribution in [3.8, 4) is 0 Å². The molecular formula is C13H21N5O. The van der Waals surface area contributed by atoms with Crippen LogP contribution < -0.4 is 5.32 Å². The summed E-state index contributed by atoms with van der Waals surface area (Å²) in [5.41, 5.74) is 2.22. The quantitative estimate of drug-likeness (QED) is 0.816. The van der Waals surface area contributed by atoms with Crippen LogP contribution in [-0.2, 0) is 24.8 Å². The highest BCUT2D eigenvalue weighted by Crippen LogP contribution is 2.08. The van der Waals surface area contributed by atoms with Crippen LogP contribution in [-0.4, -0.2) is 39.6 Å². The third-order valence-corrected chi connectivity index (χ3v) is 3.02. The number of ether oxygens (including phenoxy) is 1. The lowest BCUT2D eigenvalue weighted by Gasteiger charge is -2.09. The SMILES string of the molecule is COCCn1cc(C)nc1NCCc1ccnn1C. The maximum Gasteiger partial charge on any atom is 0.203 e. The van der Waals surface area contributed by atoms with Gasteiger partial charge in [-0.2, -0.15) is 5.10 Å². The molecule has 0 saturated carbocycles. The van der Waals surface area contributed by atoms with Crippen LogP contribution in [0.15, 0.2) is 18.5 Å². The molecule has 104 valence electrons. The predicted molar refractivity (Wildman–Crippen MR) is 74.2 cm³/mol. The molecule has 0 unspecified atom stereocenters. The molecule has 2 aromatic rings. The minimum Gasteiger partial charge on any atom is -0.383 e. The molecule has 19 heavy (non-hydrogen) atoms. The van der Waals surface area contributed by atoms with E-state index >= 15 is 0 Å². The fourth-order valence-corrected chi connectivity index (χ4v) is 2.00. The first-order chi connectivity index (χ1) is 9.20. The molecule has 6 nitrogen and oxygen atoms in total. The number of hydrogen-bond donors (Lipinski definition) is 1. The largest absolute Gasteiger partial charge is 0.383 e. The summed E-state index contributed by atoms with van der Waals surface area (Å²) < 4.78 is 9.08. The lowest BCUT2D eigenvalue weighted by molar-refractivity contribution is 0.187. The van der Waals surface area contributed by atoms with Crippen molar-refractivity contribution in [2.24, 2.45) is 7.05 Å². The minimum atomic E-state index is 0.687. The van der Waals surface area contributed by atoms with Gasteiger partial charge < -0.3 is 14.6 Å². The van der Waals surface area contributed by atoms with Gasteiger partial charge in [-0.25, -0.2) is 4.98 Å². The number of rotatable bonds is 7. The van der Waals surface area contributed by atoms with Gasteiger partial charge in [-0.15, -0.1) is 0 Å². The van der Waals surface area contributed by atoms with Crippen LogP contribution in [0.3, 0.4) is 0 Å². The van der Waals surface area contributed by atoms with Crippen molar-refractivity contribution < 1.29 is 4.74 Å². The third kappa shape index (κ3) is 3.57. The number of aryl methyl sites for hydroxylation is 2. The second kappa shape index (κ2) is 6.38. The Kier molecular flexibility index (Phi) is 4.57. The Balaban J connectivity index is 1.90. The molecule has 0 fully saturated rings. The molecule has 0 radical (unpaired) electrons. The third-order valence-electron chi connectivity index (χ3n) is 3.02. The summed E-state index contributed by atoms with van der Waals surface area (Å²) in [5, 5.41) is 7.52. The van der Waals surface area contributed by atoms with E-state index in [2.05, 4.69) is 20.0 Å². The maximum atomic E-state index is 5.10. The van der Waals surface area contributed by atoms with Crippen LogP contribution in [0.5, 0.6) is 0 Å². The van der Waals surface area contributed by atoms with E-state index in [-0.39, 0.29) is 0 Å². The van der Waals surface area contributed by atoms with E-state index in [1.807, 2.05) is 37.1 Å². The van der Waals surface area contributed by atoms with Crippen molar-refractivity contribution in [3.63, 3.8) is 0 Å². The van der Waals surface area contributed by atoms with Gasteiger partial charge in [0.05, 0.1) is 12.3 Å². The molecule has 0 aliphatic heterocycles. The summed E-state index contributed by atoms with van der Waals surface area (Å²) in [6.45, 7) is 4.33. The Morgan fingerprint density at radius 3 is 2.95 bits per heavy atom. The van der Waals surface area contributed by atoms with E-state index in [0.29, 0.717) is 6.61 Å². The van der Waals surface area contributed by atoms with E-state index in [1.54, 1.807) is 7.11 Å². The first-order valence-corrected chi connectivity index (χ1v) is 6.44. The van der Waals surface area contributed by atoms with E-state index in [4.69, 9.17) is 4.74 Å². The summed E-state index contributed by atoms with van der Waals surface area (Å²) in [5.74, 6) is 0.900. The van der Waals surface area contributed by atoms with Gasteiger partial charge in [0.1, 0.15) is 0 Å². The van der Waals surface area contributed by atoms with Crippen LogP contribution in [0.4, 0.5) is 5.95 Å². The van der Waals surface area contributed by atoms with Gasteiger partial charge in [-0.3, -0.25) is 4.68 Å². The van der Waals surface area contributed by atoms with Crippen LogP contribution in [0.2, 0.25) is 0 Å². The van der Waals surface area contributed by atoms with Crippen LogP contribution in [0.1, 0.15) is 11.4 Å². The van der Waals surface area contributed by atoms with Gasteiger partial charge in [0.2, 0.25) is 5.95 Å². The monoisotopic (exact) mass is 263 g/mol. The number of hydrogen-bond acceptors (Lipinski definition) is 4. The highest BCUT2D eigenvalue weighted by molar-refractivity contribution is 5.29. The second-order valence-corrected chi connectivity index (χ2v) is 4.52. The lowest BCUT2D eigenvalue weighted by Crippen LogP contribution is -2.13. The average Bonchev–Trinajstić information content (AvgIpc) is 2.94. The highest BCUT2D eigenvalue weighted by Gasteiger charge is 2.05. The van der Waals surface area contributed by atoms with Crippen molar-refractivity contribution in [1.29, 1.82) is 0 Å². The number of nitrogens with one attached hydrogen (secondary N) is 1. The molecule has 0 aliphatic carbocycles. The van der Waals surface area contributed by atoms with Crippen LogP contribution >= 0.6 is 0 Å². The zero-order valence-electron chi connectivity index (χ0n) is 11.8. The summed E-state index contributed by atoms with van der Waals surface area (Å²) in [6.07, 6.45) is 4.77. The summed E-state index contributed by atoms with van der Waals surface area (Å²) in [4.78, 5) is 4.48. The molecule has 0 bridgehead atoms. The predicted octanol–water partition coefficient (Wildman–Crippen LogP) is 1.23. The van der Waals surface area contributed by atoms with Gasteiger partial charge >= 0.3 is 0 Å². The standard InChI is InChI=1S/C13H21N5O/c1-11-10-18(8-9-19-3)13(16-11)14-6-4-12-5-7-15-17(12)2/h5,7,10H,4,6,8-9H2,1-3H3,(H,14,16). The zero-order chi connectivity index (χ0) is 13.7. The van der Waals surface area contributed by atoms with Gasteiger partial charge in [0.25, 0.3) is 0 Å². The Hall–Kier alpha value is -1.82. The van der Waals surface area contributed by atoms with Crippen molar-refractivity contribution in [2.75, 3.05) is 25.6 Å². The number of imidazole rings is 1. The smallest absolute Gasteiger partial charge is 0.203 e. The molecule has 0 amide bonds. The van der Waals surface area contributed by atoms with Crippen molar-refractivity contribution in [3.05, 3.63) is 29.8 Å². The zero-order valence-corrected chi connectivity index (χ0v) is 11.8. The molecule has 0 spiro atoms. The molecule has 0 saturated heterocycles. The topological polar surface area (TPSA) is 56.9 Å². The Morgan fingerprint density at radius 2 is 2.26 bits per heavy atom. The fraction of sp³-hybridized carbons (Fsp3) is 0.538. The Labute approximate surface area is 113 Å². The summed E-state index contributed by atoms with van der Waals surface area (Å²) >= 11 is 0. The van der Waals surface area contributed by atoms with Crippen molar-refractivity contribution >= 4 is 5.95 Å². The van der Waals surface area contributed by atoms with E-state index in [0.717, 1.165) is 31.2 Å². The van der Waals surface area contributed by atoms with Crippen LogP contribution in [0.25, 0.3) is 0 Å². The van der Waals surface area contributed by atoms with Crippen molar-refractivity contribution in [1.82, 2.24) is 19.3 Å². The van der Waals surface area contributed by atoms with E-state index in [9.17, 15) is 0 Å². The van der Waals surface area contributed by atoms with E-state index < -0.39 is 0 Å². The molecule has 1 N–H and O–H groups in total. The fourth-order valence-electron chi connectivity index (χ4n) is 2.00. The van der Waals surface area contributed by atoms with Gasteiger partial charge in [0.15, 0.2) is 0 Å². The molecule has 0 atom stereocenters. The maximum absolute atomic E-state index is 5.10. The van der Waals surface area contributed by atoms with Crippen LogP contribution in [0, 0.1) is 6.92 Å². The summed E-state index contributed by atoms with van der Waals surface area (Å²) in [6, 6.07) is 2.03. The Morgan fingerprint density at radius 1 is 1.42 bits per heavy atom. The Bertz CT molecular complexity index is 517. The van der Waals surface area contributed by atoms with E-state index in [1.165, 1.54) is 5.69 Å². The number of anilines is 1. The highest BCUT2D eigenvalue weighted by atomic mass is 16.5. The number of aromatic nitrogens is 4. The normalized spacial score (nSPS) is 10.9.